The molecule has 0 unspecified atom stereocenters. The van der Waals surface area contributed by atoms with Crippen LogP contribution < -0.4 is 14.2 Å². The number of fused-ring (bicyclic) bond motifs is 1. The summed E-state index contributed by atoms with van der Waals surface area (Å²) in [4.78, 5) is 4.78. The molecule has 0 fully saturated rings. The van der Waals surface area contributed by atoms with Crippen molar-refractivity contribution in [2.75, 3.05) is 13.7 Å². The second-order valence-electron chi connectivity index (χ2n) is 7.21. The van der Waals surface area contributed by atoms with Crippen molar-refractivity contribution >= 4 is 22.6 Å². The minimum Gasteiger partial charge on any atom is -0.493 e. The second-order valence-corrected chi connectivity index (χ2v) is 7.62. The number of nitrogens with zero attached hydrogens (tertiary/aromatic N) is 2. The van der Waals surface area contributed by atoms with Crippen molar-refractivity contribution in [2.45, 2.75) is 19.6 Å². The summed E-state index contributed by atoms with van der Waals surface area (Å²) >= 11 is 6.21. The molecule has 32 heavy (non-hydrogen) atoms. The van der Waals surface area contributed by atoms with Gasteiger partial charge in [0.2, 0.25) is 0 Å². The van der Waals surface area contributed by atoms with E-state index in [1.807, 2.05) is 72.8 Å². The minimum atomic E-state index is 0.304. The van der Waals surface area contributed by atoms with Gasteiger partial charge in [-0.2, -0.15) is 0 Å². The summed E-state index contributed by atoms with van der Waals surface area (Å²) in [6.07, 6.45) is 2.64. The van der Waals surface area contributed by atoms with Crippen molar-refractivity contribution in [1.29, 1.82) is 0 Å². The molecule has 0 bridgehead atoms. The Morgan fingerprint density at radius 1 is 0.969 bits per heavy atom. The van der Waals surface area contributed by atoms with Crippen LogP contribution in [0.2, 0.25) is 5.02 Å². The summed E-state index contributed by atoms with van der Waals surface area (Å²) in [5.41, 5.74) is 3.06. The maximum absolute atomic E-state index is 6.21. The van der Waals surface area contributed by atoms with Gasteiger partial charge < -0.3 is 18.8 Å². The summed E-state index contributed by atoms with van der Waals surface area (Å²) in [7, 11) is 1.64. The lowest BCUT2D eigenvalue weighted by Gasteiger charge is -2.14. The Bertz CT molecular complexity index is 1220. The van der Waals surface area contributed by atoms with E-state index < -0.39 is 0 Å². The summed E-state index contributed by atoms with van der Waals surface area (Å²) in [5, 5.41) is 0.596. The van der Waals surface area contributed by atoms with Crippen LogP contribution >= 0.6 is 11.6 Å². The molecule has 0 saturated heterocycles. The number of imidazole rings is 1. The number of benzene rings is 3. The van der Waals surface area contributed by atoms with Crippen LogP contribution in [0.4, 0.5) is 0 Å². The summed E-state index contributed by atoms with van der Waals surface area (Å²) in [6, 6.07) is 21.4. The number of para-hydroxylation sites is 3. The molecule has 0 aliphatic rings. The van der Waals surface area contributed by atoms with Gasteiger partial charge >= 0.3 is 0 Å². The molecular weight excluding hydrogens is 424 g/mol. The first-order valence-corrected chi connectivity index (χ1v) is 10.8. The van der Waals surface area contributed by atoms with Gasteiger partial charge in [-0.05, 0) is 48.4 Å². The van der Waals surface area contributed by atoms with E-state index in [2.05, 4.69) is 11.1 Å². The van der Waals surface area contributed by atoms with Crippen LogP contribution in [0.3, 0.4) is 0 Å². The summed E-state index contributed by atoms with van der Waals surface area (Å²) in [6.45, 7) is 5.16. The SMILES string of the molecule is C=CCc1ccc(OCc2nc3ccccc3n2CCOc2ccccc2Cl)c(OC)c1. The minimum absolute atomic E-state index is 0.304. The number of hydrogen-bond donors (Lipinski definition) is 0. The van der Waals surface area contributed by atoms with E-state index in [0.717, 1.165) is 28.8 Å². The van der Waals surface area contributed by atoms with Crippen molar-refractivity contribution < 1.29 is 14.2 Å². The predicted molar refractivity (Wildman–Crippen MR) is 128 cm³/mol. The van der Waals surface area contributed by atoms with E-state index in [9.17, 15) is 0 Å². The van der Waals surface area contributed by atoms with Crippen LogP contribution in [0.25, 0.3) is 11.0 Å². The lowest BCUT2D eigenvalue weighted by molar-refractivity contribution is 0.261. The van der Waals surface area contributed by atoms with E-state index in [1.54, 1.807) is 7.11 Å². The molecule has 0 aliphatic carbocycles. The van der Waals surface area contributed by atoms with Gasteiger partial charge in [-0.15, -0.1) is 6.58 Å². The molecule has 0 atom stereocenters. The average molecular weight is 449 g/mol. The third kappa shape index (κ3) is 4.89. The van der Waals surface area contributed by atoms with Gasteiger partial charge in [-0.25, -0.2) is 4.98 Å². The van der Waals surface area contributed by atoms with Gasteiger partial charge in [0, 0.05) is 0 Å². The Balaban J connectivity index is 1.52. The number of rotatable bonds is 10. The Hall–Kier alpha value is -3.44. The molecule has 1 heterocycles. The highest BCUT2D eigenvalue weighted by Gasteiger charge is 2.13. The number of halogens is 1. The lowest BCUT2D eigenvalue weighted by atomic mass is 10.1. The number of hydrogen-bond acceptors (Lipinski definition) is 4. The zero-order chi connectivity index (χ0) is 22.3. The molecule has 4 rings (SSSR count). The van der Waals surface area contributed by atoms with Crippen molar-refractivity contribution in [3.05, 3.63) is 95.8 Å². The standard InChI is InChI=1S/C26H25ClN2O3/c1-3-8-19-13-14-24(25(17-19)30-2)32-18-26-28-21-10-5-6-11-22(21)29(26)15-16-31-23-12-7-4-9-20(23)27/h3-7,9-14,17H,1,8,15-16,18H2,2H3. The van der Waals surface area contributed by atoms with Crippen LogP contribution in [0.1, 0.15) is 11.4 Å². The fraction of sp³-hybridized carbons (Fsp3) is 0.192. The highest BCUT2D eigenvalue weighted by atomic mass is 35.5. The van der Waals surface area contributed by atoms with Crippen molar-refractivity contribution in [3.63, 3.8) is 0 Å². The maximum atomic E-state index is 6.21. The Kier molecular flexibility index (Phi) is 6.97. The number of ether oxygens (including phenoxy) is 3. The van der Waals surface area contributed by atoms with Crippen LogP contribution in [0.5, 0.6) is 17.2 Å². The molecule has 0 radical (unpaired) electrons. The largest absolute Gasteiger partial charge is 0.493 e. The van der Waals surface area contributed by atoms with E-state index in [-0.39, 0.29) is 0 Å². The molecule has 0 amide bonds. The monoisotopic (exact) mass is 448 g/mol. The van der Waals surface area contributed by atoms with E-state index in [4.69, 9.17) is 30.8 Å². The smallest absolute Gasteiger partial charge is 0.161 e. The molecule has 5 nitrogen and oxygen atoms in total. The van der Waals surface area contributed by atoms with Crippen molar-refractivity contribution in [3.8, 4) is 17.2 Å². The fourth-order valence-electron chi connectivity index (χ4n) is 3.56. The molecule has 4 aromatic rings. The highest BCUT2D eigenvalue weighted by molar-refractivity contribution is 6.32. The van der Waals surface area contributed by atoms with Crippen molar-refractivity contribution in [2.24, 2.45) is 0 Å². The van der Waals surface area contributed by atoms with Gasteiger partial charge in [-0.1, -0.05) is 48.0 Å². The first-order valence-electron chi connectivity index (χ1n) is 10.4. The van der Waals surface area contributed by atoms with E-state index in [0.29, 0.717) is 42.0 Å². The summed E-state index contributed by atoms with van der Waals surface area (Å²) < 4.78 is 19.6. The van der Waals surface area contributed by atoms with Crippen LogP contribution in [-0.4, -0.2) is 23.3 Å². The average Bonchev–Trinajstić information content (AvgIpc) is 3.17. The quantitative estimate of drug-likeness (QED) is 0.275. The first kappa shape index (κ1) is 21.8. The third-order valence-corrected chi connectivity index (χ3v) is 5.42. The van der Waals surface area contributed by atoms with Crippen LogP contribution in [0, 0.1) is 0 Å². The van der Waals surface area contributed by atoms with Gasteiger partial charge in [0.1, 0.15) is 24.8 Å². The summed E-state index contributed by atoms with van der Waals surface area (Å²) in [5.74, 6) is 2.84. The zero-order valence-corrected chi connectivity index (χ0v) is 18.7. The topological polar surface area (TPSA) is 45.5 Å². The molecule has 0 saturated carbocycles. The molecule has 6 heteroatoms. The van der Waals surface area contributed by atoms with Crippen LogP contribution in [-0.2, 0) is 19.6 Å². The highest BCUT2D eigenvalue weighted by Crippen LogP contribution is 2.29. The number of allylic oxidation sites excluding steroid dienone is 1. The number of aromatic nitrogens is 2. The van der Waals surface area contributed by atoms with Gasteiger partial charge in [0.25, 0.3) is 0 Å². The molecule has 0 N–H and O–H groups in total. The van der Waals surface area contributed by atoms with Crippen LogP contribution in [0.15, 0.2) is 79.4 Å². The molecular formula is C26H25ClN2O3. The Morgan fingerprint density at radius 2 is 1.78 bits per heavy atom. The lowest BCUT2D eigenvalue weighted by Crippen LogP contribution is -2.13. The molecule has 3 aromatic carbocycles. The van der Waals surface area contributed by atoms with E-state index in [1.165, 1.54) is 0 Å². The number of methoxy groups -OCH3 is 1. The molecule has 164 valence electrons. The van der Waals surface area contributed by atoms with Gasteiger partial charge in [-0.3, -0.25) is 0 Å². The second kappa shape index (κ2) is 10.2. The maximum Gasteiger partial charge on any atom is 0.161 e. The molecule has 1 aromatic heterocycles. The molecule has 0 aliphatic heterocycles. The molecule has 0 spiro atoms. The zero-order valence-electron chi connectivity index (χ0n) is 18.0. The predicted octanol–water partition coefficient (Wildman–Crippen LogP) is 6.08. The van der Waals surface area contributed by atoms with Gasteiger partial charge in [0.15, 0.2) is 11.5 Å². The Morgan fingerprint density at radius 3 is 2.59 bits per heavy atom. The fourth-order valence-corrected chi connectivity index (χ4v) is 3.75. The van der Waals surface area contributed by atoms with Gasteiger partial charge in [0.05, 0.1) is 29.7 Å². The van der Waals surface area contributed by atoms with Crippen molar-refractivity contribution in [1.82, 2.24) is 9.55 Å². The van der Waals surface area contributed by atoms with E-state index >= 15 is 0 Å². The Labute approximate surface area is 192 Å². The normalized spacial score (nSPS) is 10.8. The third-order valence-electron chi connectivity index (χ3n) is 5.11. The first-order chi connectivity index (χ1) is 15.7.